The van der Waals surface area contributed by atoms with Gasteiger partial charge in [-0.05, 0) is 131 Å². The Hall–Kier alpha value is -2.60. The topological polar surface area (TPSA) is 0 Å². The van der Waals surface area contributed by atoms with E-state index in [-0.39, 0.29) is 20.3 Å². The largest absolute Gasteiger partial charge is 0.100 e. The van der Waals surface area contributed by atoms with E-state index in [4.69, 9.17) is 0 Å². The highest BCUT2D eigenvalue weighted by Crippen LogP contribution is 2.41. The molecule has 0 saturated heterocycles. The zero-order valence-corrected chi connectivity index (χ0v) is 36.2. The summed E-state index contributed by atoms with van der Waals surface area (Å²) in [4.78, 5) is 0. The van der Waals surface area contributed by atoms with Crippen molar-refractivity contribution in [3.05, 3.63) is 118 Å². The third-order valence-electron chi connectivity index (χ3n) is 10.2. The second kappa shape index (κ2) is 26.2. The Balaban J connectivity index is -0.000000999. The lowest BCUT2D eigenvalue weighted by molar-refractivity contribution is 0.283. The fourth-order valence-electron chi connectivity index (χ4n) is 5.79. The molecule has 3 rings (SSSR count). The highest BCUT2D eigenvalue weighted by atomic mass is 14.4. The first-order valence-electron chi connectivity index (χ1n) is 19.9. The molecule has 52 heavy (non-hydrogen) atoms. The van der Waals surface area contributed by atoms with Gasteiger partial charge in [0.05, 0.1) is 0 Å². The van der Waals surface area contributed by atoms with E-state index in [9.17, 15) is 0 Å². The van der Waals surface area contributed by atoms with Gasteiger partial charge in [-0.3, -0.25) is 0 Å². The van der Waals surface area contributed by atoms with E-state index in [1.807, 2.05) is 13.8 Å². The summed E-state index contributed by atoms with van der Waals surface area (Å²) in [5.41, 5.74) is 12.2. The van der Waals surface area contributed by atoms with Crippen LogP contribution in [0.1, 0.15) is 190 Å². The summed E-state index contributed by atoms with van der Waals surface area (Å²) in [6.45, 7) is 43.4. The molecule has 0 heteroatoms. The predicted octanol–water partition coefficient (Wildman–Crippen LogP) is 17.5. The van der Waals surface area contributed by atoms with Crippen molar-refractivity contribution in [2.75, 3.05) is 0 Å². The van der Waals surface area contributed by atoms with Crippen LogP contribution in [0.15, 0.2) is 85.0 Å². The normalized spacial score (nSPS) is 14.5. The van der Waals surface area contributed by atoms with Gasteiger partial charge in [0.15, 0.2) is 0 Å². The molecule has 0 nitrogen and oxygen atoms in total. The fraction of sp³-hybridized carbons (Fsp3) is 0.615. The van der Waals surface area contributed by atoms with E-state index < -0.39 is 0 Å². The molecule has 0 radical (unpaired) electrons. The highest BCUT2D eigenvalue weighted by molar-refractivity contribution is 5.45. The summed E-state index contributed by atoms with van der Waals surface area (Å²) in [6, 6.07) is 14.4. The molecule has 0 bridgehead atoms. The maximum Gasteiger partial charge on any atom is 0.0180 e. The van der Waals surface area contributed by atoms with E-state index >= 15 is 0 Å². The number of unbranched alkanes of at least 4 members (excludes halogenated alkanes) is 2. The number of rotatable bonds is 12. The third-order valence-corrected chi connectivity index (χ3v) is 10.2. The van der Waals surface area contributed by atoms with Crippen LogP contribution in [0.5, 0.6) is 0 Å². The second-order valence-corrected chi connectivity index (χ2v) is 17.9. The molecule has 1 aliphatic carbocycles. The van der Waals surface area contributed by atoms with Crippen molar-refractivity contribution >= 4 is 0 Å². The molecule has 0 fully saturated rings. The zero-order chi connectivity index (χ0) is 38.7. The van der Waals surface area contributed by atoms with E-state index in [1.165, 1.54) is 83.1 Å². The van der Waals surface area contributed by atoms with Gasteiger partial charge in [-0.2, -0.15) is 0 Å². The maximum absolute atomic E-state index is 4.04. The van der Waals surface area contributed by atoms with Crippen molar-refractivity contribution in [2.24, 2.45) is 22.7 Å². The Morgan fingerprint density at radius 1 is 0.731 bits per heavy atom. The number of allylic oxidation sites excluding steroid dienone is 6. The molecule has 0 aliphatic heterocycles. The average Bonchev–Trinajstić information content (AvgIpc) is 3.01. The summed E-state index contributed by atoms with van der Waals surface area (Å²) in [5.74, 6) is 1.38. The van der Waals surface area contributed by atoms with Crippen molar-refractivity contribution in [3.63, 3.8) is 0 Å². The highest BCUT2D eigenvalue weighted by Gasteiger charge is 2.32. The molecule has 2 aromatic carbocycles. The molecule has 2 atom stereocenters. The summed E-state index contributed by atoms with van der Waals surface area (Å²) < 4.78 is 0. The summed E-state index contributed by atoms with van der Waals surface area (Å²) in [5, 5.41) is 0. The van der Waals surface area contributed by atoms with Crippen molar-refractivity contribution in [2.45, 2.75) is 189 Å². The number of hydrogen-bond acceptors (Lipinski definition) is 0. The molecule has 0 N–H and O–H groups in total. The first kappa shape index (κ1) is 53.8. The van der Waals surface area contributed by atoms with Gasteiger partial charge in [-0.1, -0.05) is 180 Å². The SMILES string of the molecule is C.C.C=C(C)CCC(C)(C)C.C=C(C)CCCCCc1cc(C(C)(CC2C=CC=CC2)c2cc(C)cc(C)c2)ccc1C.CC.CC(C)C(C)(C)C. The summed E-state index contributed by atoms with van der Waals surface area (Å²) in [6.07, 6.45) is 20.0. The maximum atomic E-state index is 4.04. The minimum atomic E-state index is -0.000626. The number of aryl methyl sites for hydroxylation is 4. The van der Waals surface area contributed by atoms with Gasteiger partial charge < -0.3 is 0 Å². The van der Waals surface area contributed by atoms with Crippen LogP contribution in [0, 0.1) is 43.4 Å². The first-order valence-corrected chi connectivity index (χ1v) is 19.9. The van der Waals surface area contributed by atoms with Crippen LogP contribution in [-0.2, 0) is 11.8 Å². The van der Waals surface area contributed by atoms with Crippen LogP contribution >= 0.6 is 0 Å². The molecule has 0 saturated carbocycles. The average molecular weight is 715 g/mol. The minimum absolute atomic E-state index is 0. The molecule has 2 aromatic rings. The quantitative estimate of drug-likeness (QED) is 0.152. The number of hydrogen-bond donors (Lipinski definition) is 0. The van der Waals surface area contributed by atoms with Crippen molar-refractivity contribution in [1.82, 2.24) is 0 Å². The van der Waals surface area contributed by atoms with Crippen LogP contribution in [0.25, 0.3) is 0 Å². The van der Waals surface area contributed by atoms with Gasteiger partial charge in [-0.15, -0.1) is 13.2 Å². The lowest BCUT2D eigenvalue weighted by atomic mass is 9.68. The molecule has 1 aliphatic rings. The van der Waals surface area contributed by atoms with Crippen LogP contribution in [-0.4, -0.2) is 0 Å². The molecule has 0 amide bonds. The van der Waals surface area contributed by atoms with Gasteiger partial charge in [0.25, 0.3) is 0 Å². The van der Waals surface area contributed by atoms with E-state index in [2.05, 4.69) is 171 Å². The Kier molecular flexibility index (Phi) is 27.1. The van der Waals surface area contributed by atoms with E-state index in [0.29, 0.717) is 16.7 Å². The van der Waals surface area contributed by atoms with Gasteiger partial charge in [0.2, 0.25) is 0 Å². The third kappa shape index (κ3) is 22.5. The van der Waals surface area contributed by atoms with Crippen LogP contribution in [0.3, 0.4) is 0 Å². The van der Waals surface area contributed by atoms with Crippen molar-refractivity contribution in [1.29, 1.82) is 0 Å². The molecule has 298 valence electrons. The monoisotopic (exact) mass is 715 g/mol. The van der Waals surface area contributed by atoms with E-state index in [1.54, 1.807) is 0 Å². The Morgan fingerprint density at radius 2 is 1.27 bits per heavy atom. The minimum Gasteiger partial charge on any atom is -0.100 e. The fourth-order valence-corrected chi connectivity index (χ4v) is 5.79. The summed E-state index contributed by atoms with van der Waals surface area (Å²) >= 11 is 0. The van der Waals surface area contributed by atoms with Gasteiger partial charge in [0.1, 0.15) is 0 Å². The van der Waals surface area contributed by atoms with Crippen molar-refractivity contribution < 1.29 is 0 Å². The Morgan fingerprint density at radius 3 is 1.69 bits per heavy atom. The van der Waals surface area contributed by atoms with Gasteiger partial charge in [0, 0.05) is 5.41 Å². The second-order valence-electron chi connectivity index (χ2n) is 17.9. The number of benzene rings is 2. The van der Waals surface area contributed by atoms with Gasteiger partial charge in [-0.25, -0.2) is 0 Å². The van der Waals surface area contributed by atoms with E-state index in [0.717, 1.165) is 25.2 Å². The molecular weight excluding hydrogens is 625 g/mol. The molecule has 2 unspecified atom stereocenters. The van der Waals surface area contributed by atoms with Crippen LogP contribution in [0.2, 0.25) is 0 Å². The molecule has 0 spiro atoms. The van der Waals surface area contributed by atoms with Crippen LogP contribution < -0.4 is 0 Å². The molecular formula is C52H90. The lowest BCUT2D eigenvalue weighted by Crippen LogP contribution is -2.27. The zero-order valence-electron chi connectivity index (χ0n) is 36.2. The Bertz CT molecular complexity index is 1310. The predicted molar refractivity (Wildman–Crippen MR) is 244 cm³/mol. The first-order chi connectivity index (χ1) is 23.1. The van der Waals surface area contributed by atoms with Gasteiger partial charge >= 0.3 is 0 Å². The smallest absolute Gasteiger partial charge is 0.0180 e. The standard InChI is InChI=1S/C32H42.C9H18.C7H16.C2H6.2CH4/c1-24(2)13-9-7-12-16-29-22-30(18-17-27(29)5)32(6,23-28-14-10-8-11-15-28)31-20-25(3)19-26(4)21-31;1-8(2)6-7-9(3,4)5;1-6(2)7(3,4)5;1-2;;/h8,10-11,14,17-22,28H,1,7,9,12-13,15-16,23H2,2-6H3;1,6-7H2,2-5H3;6H,1-5H3;1-2H3;2*1H4. The lowest BCUT2D eigenvalue weighted by Gasteiger charge is -2.35. The van der Waals surface area contributed by atoms with Crippen molar-refractivity contribution in [3.8, 4) is 0 Å². The van der Waals surface area contributed by atoms with Crippen LogP contribution in [0.4, 0.5) is 0 Å². The molecule has 0 heterocycles. The Labute approximate surface area is 328 Å². The summed E-state index contributed by atoms with van der Waals surface area (Å²) in [7, 11) is 0. The molecule has 0 aromatic heterocycles.